The lowest BCUT2D eigenvalue weighted by molar-refractivity contribution is 0.153. The first-order valence-electron chi connectivity index (χ1n) is 21.0. The molecule has 0 saturated heterocycles. The largest absolute Gasteiger partial charge is 0.332 e. The molecule has 0 saturated carbocycles. The van der Waals surface area contributed by atoms with Crippen molar-refractivity contribution in [3.05, 3.63) is 0 Å². The molecule has 0 spiro atoms. The summed E-state index contributed by atoms with van der Waals surface area (Å²) in [7, 11) is -1.18. The molecule has 0 aromatic rings. The van der Waals surface area contributed by atoms with Crippen LogP contribution in [0.25, 0.3) is 0 Å². The summed E-state index contributed by atoms with van der Waals surface area (Å²) in [5.74, 6) is 0. The van der Waals surface area contributed by atoms with Gasteiger partial charge in [-0.2, -0.15) is 0 Å². The third-order valence-corrected chi connectivity index (χ3v) is 10.5. The monoisotopic (exact) mass is 657 g/mol. The predicted molar refractivity (Wildman–Crippen MR) is 203 cm³/mol. The van der Waals surface area contributed by atoms with E-state index in [1.165, 1.54) is 205 Å². The lowest BCUT2D eigenvalue weighted by atomic mass is 10.0. The van der Waals surface area contributed by atoms with Gasteiger partial charge in [0.15, 0.2) is 0 Å². The Labute approximate surface area is 286 Å². The zero-order chi connectivity index (χ0) is 32.6. The molecule has 0 heterocycles. The first kappa shape index (κ1) is 45.3. The Kier molecular flexibility index (Phi) is 42.6. The van der Waals surface area contributed by atoms with E-state index in [4.69, 9.17) is 13.6 Å². The summed E-state index contributed by atoms with van der Waals surface area (Å²) in [6, 6.07) is 0. The van der Waals surface area contributed by atoms with Crippen molar-refractivity contribution in [1.29, 1.82) is 0 Å². The lowest BCUT2D eigenvalue weighted by Crippen LogP contribution is -2.00. The second kappa shape index (κ2) is 42.3. The molecular formula is C41H85O3P. The van der Waals surface area contributed by atoms with Crippen molar-refractivity contribution in [2.75, 3.05) is 19.8 Å². The Morgan fingerprint density at radius 2 is 0.378 bits per heavy atom. The highest BCUT2D eigenvalue weighted by Gasteiger charge is 2.12. The van der Waals surface area contributed by atoms with Gasteiger partial charge in [-0.05, 0) is 19.3 Å². The minimum absolute atomic E-state index is 0.791. The van der Waals surface area contributed by atoms with E-state index in [1.54, 1.807) is 0 Å². The second-order valence-corrected chi connectivity index (χ2v) is 15.3. The lowest BCUT2D eigenvalue weighted by Gasteiger charge is -2.17. The molecule has 0 bridgehead atoms. The van der Waals surface area contributed by atoms with E-state index in [2.05, 4.69) is 20.8 Å². The maximum Gasteiger partial charge on any atom is 0.332 e. The van der Waals surface area contributed by atoms with Crippen LogP contribution >= 0.6 is 8.60 Å². The van der Waals surface area contributed by atoms with Crippen molar-refractivity contribution < 1.29 is 13.6 Å². The van der Waals surface area contributed by atoms with Gasteiger partial charge in [0.05, 0.1) is 19.8 Å². The molecule has 0 N–H and O–H groups in total. The second-order valence-electron chi connectivity index (χ2n) is 14.0. The summed E-state index contributed by atoms with van der Waals surface area (Å²) >= 11 is 0. The highest BCUT2D eigenvalue weighted by atomic mass is 31.2. The van der Waals surface area contributed by atoms with Crippen LogP contribution in [0.1, 0.15) is 245 Å². The Bertz CT molecular complexity index is 477. The van der Waals surface area contributed by atoms with Crippen LogP contribution in [0.3, 0.4) is 0 Å². The third kappa shape index (κ3) is 40.4. The summed E-state index contributed by atoms with van der Waals surface area (Å²) in [5, 5.41) is 0. The van der Waals surface area contributed by atoms with E-state index in [0.29, 0.717) is 0 Å². The predicted octanol–water partition coefficient (Wildman–Crippen LogP) is 16.0. The molecule has 272 valence electrons. The molecule has 45 heavy (non-hydrogen) atoms. The minimum Gasteiger partial charge on any atom is -0.312 e. The Morgan fingerprint density at radius 1 is 0.222 bits per heavy atom. The van der Waals surface area contributed by atoms with Crippen LogP contribution in [-0.4, -0.2) is 19.8 Å². The van der Waals surface area contributed by atoms with Gasteiger partial charge < -0.3 is 13.6 Å². The molecule has 0 amide bonds. The van der Waals surface area contributed by atoms with Gasteiger partial charge in [0.2, 0.25) is 0 Å². The Balaban J connectivity index is 3.87. The van der Waals surface area contributed by atoms with Gasteiger partial charge in [0.25, 0.3) is 0 Å². The van der Waals surface area contributed by atoms with Gasteiger partial charge in [-0.15, -0.1) is 0 Å². The molecule has 0 atom stereocenters. The van der Waals surface area contributed by atoms with Crippen LogP contribution in [0.4, 0.5) is 0 Å². The Hall–Kier alpha value is 0.310. The zero-order valence-corrected chi connectivity index (χ0v) is 32.4. The van der Waals surface area contributed by atoms with E-state index in [1.807, 2.05) is 0 Å². The van der Waals surface area contributed by atoms with Crippen LogP contribution in [0, 0.1) is 0 Å². The summed E-state index contributed by atoms with van der Waals surface area (Å²) in [4.78, 5) is 0. The van der Waals surface area contributed by atoms with E-state index in [0.717, 1.165) is 39.1 Å². The van der Waals surface area contributed by atoms with Crippen molar-refractivity contribution in [3.8, 4) is 0 Å². The van der Waals surface area contributed by atoms with Crippen molar-refractivity contribution in [1.82, 2.24) is 0 Å². The van der Waals surface area contributed by atoms with Crippen molar-refractivity contribution in [2.24, 2.45) is 0 Å². The van der Waals surface area contributed by atoms with Crippen LogP contribution in [0.5, 0.6) is 0 Å². The van der Waals surface area contributed by atoms with E-state index in [-0.39, 0.29) is 0 Å². The van der Waals surface area contributed by atoms with Gasteiger partial charge in [-0.25, -0.2) is 0 Å². The maximum absolute atomic E-state index is 6.16. The molecule has 0 aliphatic carbocycles. The summed E-state index contributed by atoms with van der Waals surface area (Å²) in [6.45, 7) is 9.26. The standard InChI is InChI=1S/C41H85O3P/c1-4-7-10-13-16-19-22-23-24-25-26-29-32-35-38-41-44-45(42-39-36-33-30-27-20-17-14-11-8-5-2)43-40-37-34-31-28-21-18-15-12-9-6-3/h4-41H2,1-3H3. The molecular weight excluding hydrogens is 571 g/mol. The van der Waals surface area contributed by atoms with Crippen LogP contribution in [0.2, 0.25) is 0 Å². The highest BCUT2D eigenvalue weighted by molar-refractivity contribution is 7.41. The summed E-state index contributed by atoms with van der Waals surface area (Å²) in [6.07, 6.45) is 48.0. The van der Waals surface area contributed by atoms with Crippen LogP contribution in [-0.2, 0) is 13.6 Å². The molecule has 0 rings (SSSR count). The fraction of sp³-hybridized carbons (Fsp3) is 1.00. The first-order chi connectivity index (χ1) is 22.3. The minimum atomic E-state index is -1.18. The van der Waals surface area contributed by atoms with E-state index >= 15 is 0 Å². The Morgan fingerprint density at radius 3 is 0.556 bits per heavy atom. The smallest absolute Gasteiger partial charge is 0.312 e. The molecule has 0 aromatic carbocycles. The number of unbranched alkanes of at least 4 members (excludes halogenated alkanes) is 32. The molecule has 0 unspecified atom stereocenters. The van der Waals surface area contributed by atoms with Crippen molar-refractivity contribution in [2.45, 2.75) is 245 Å². The van der Waals surface area contributed by atoms with E-state index in [9.17, 15) is 0 Å². The molecule has 3 nitrogen and oxygen atoms in total. The number of rotatable bonds is 41. The van der Waals surface area contributed by atoms with Crippen molar-refractivity contribution in [3.63, 3.8) is 0 Å². The third-order valence-electron chi connectivity index (χ3n) is 9.33. The van der Waals surface area contributed by atoms with E-state index < -0.39 is 8.60 Å². The maximum atomic E-state index is 6.16. The van der Waals surface area contributed by atoms with Gasteiger partial charge in [-0.1, -0.05) is 226 Å². The molecule has 4 heteroatoms. The molecule has 0 aliphatic rings. The van der Waals surface area contributed by atoms with Crippen LogP contribution in [0.15, 0.2) is 0 Å². The topological polar surface area (TPSA) is 27.7 Å². The number of hydrogen-bond acceptors (Lipinski definition) is 3. The van der Waals surface area contributed by atoms with Gasteiger partial charge in [-0.3, -0.25) is 0 Å². The van der Waals surface area contributed by atoms with Gasteiger partial charge in [0, 0.05) is 0 Å². The summed E-state index contributed by atoms with van der Waals surface area (Å²) < 4.78 is 18.5. The normalized spacial score (nSPS) is 11.7. The quantitative estimate of drug-likeness (QED) is 0.0484. The summed E-state index contributed by atoms with van der Waals surface area (Å²) in [5.41, 5.74) is 0. The first-order valence-corrected chi connectivity index (χ1v) is 22.1. The average molecular weight is 657 g/mol. The fourth-order valence-corrected chi connectivity index (χ4v) is 7.24. The van der Waals surface area contributed by atoms with Crippen LogP contribution < -0.4 is 0 Å². The zero-order valence-electron chi connectivity index (χ0n) is 31.5. The molecule has 0 fully saturated rings. The molecule has 0 radical (unpaired) electrons. The van der Waals surface area contributed by atoms with Crippen molar-refractivity contribution >= 4 is 8.60 Å². The molecule has 0 aliphatic heterocycles. The van der Waals surface area contributed by atoms with Gasteiger partial charge in [0.1, 0.15) is 0 Å². The van der Waals surface area contributed by atoms with Gasteiger partial charge >= 0.3 is 8.60 Å². The SMILES string of the molecule is CCCCCCCCCCCCCCCCCOP(OCCCCCCCCCCCC)OCCCCCCCCCCCC. The highest BCUT2D eigenvalue weighted by Crippen LogP contribution is 2.40. The fourth-order valence-electron chi connectivity index (χ4n) is 6.18. The molecule has 0 aromatic heterocycles. The number of hydrogen-bond donors (Lipinski definition) is 0. The average Bonchev–Trinajstić information content (AvgIpc) is 3.05.